The highest BCUT2D eigenvalue weighted by Gasteiger charge is 2.13. The highest BCUT2D eigenvalue weighted by Crippen LogP contribution is 2.24. The van der Waals surface area contributed by atoms with Gasteiger partial charge >= 0.3 is 0 Å². The summed E-state index contributed by atoms with van der Waals surface area (Å²) in [5.74, 6) is 0.567. The Hall–Kier alpha value is -2.47. The molecule has 0 radical (unpaired) electrons. The molecular weight excluding hydrogens is 439 g/mol. The van der Waals surface area contributed by atoms with Gasteiger partial charge in [0.05, 0.1) is 11.5 Å². The van der Waals surface area contributed by atoms with Crippen molar-refractivity contribution in [3.05, 3.63) is 94.0 Å². The summed E-state index contributed by atoms with van der Waals surface area (Å²) in [5, 5.41) is 5.10. The number of hydrogen-bond donors (Lipinski definition) is 1. The van der Waals surface area contributed by atoms with Crippen LogP contribution >= 0.6 is 35.0 Å². The van der Waals surface area contributed by atoms with Crippen LogP contribution in [-0.4, -0.2) is 17.4 Å². The Labute approximate surface area is 190 Å². The van der Waals surface area contributed by atoms with E-state index in [0.717, 1.165) is 21.8 Å². The molecule has 0 aliphatic heterocycles. The van der Waals surface area contributed by atoms with Crippen molar-refractivity contribution in [3.8, 4) is 5.75 Å². The molecule has 0 aliphatic rings. The van der Waals surface area contributed by atoms with Crippen LogP contribution in [0, 0.1) is 0 Å². The number of halogens is 2. The van der Waals surface area contributed by atoms with Crippen LogP contribution in [0.5, 0.6) is 5.75 Å². The largest absolute Gasteiger partial charge is 0.489 e. The minimum Gasteiger partial charge on any atom is -0.489 e. The van der Waals surface area contributed by atoms with Crippen molar-refractivity contribution in [2.24, 2.45) is 5.10 Å². The lowest BCUT2D eigenvalue weighted by Crippen LogP contribution is -2.26. The standard InChI is InChI=1S/C23H20Cl2N2O2S/c1-16(30-22-11-7-19(24)8-12-22)23(28)27-26-14-17-5-9-21(10-6-17)29-15-18-3-2-4-20(25)13-18/h2-14,16H,15H2,1H3,(H,27,28)/b26-14+. The molecule has 1 atom stereocenters. The van der Waals surface area contributed by atoms with Crippen LogP contribution in [0.15, 0.2) is 82.8 Å². The van der Waals surface area contributed by atoms with Gasteiger partial charge in [-0.3, -0.25) is 4.79 Å². The summed E-state index contributed by atoms with van der Waals surface area (Å²) < 4.78 is 5.76. The van der Waals surface area contributed by atoms with Crippen LogP contribution in [0.2, 0.25) is 10.0 Å². The molecule has 1 amide bonds. The van der Waals surface area contributed by atoms with Crippen LogP contribution in [0.4, 0.5) is 0 Å². The van der Waals surface area contributed by atoms with E-state index in [1.165, 1.54) is 11.8 Å². The Morgan fingerprint density at radius 2 is 1.80 bits per heavy atom. The average molecular weight is 459 g/mol. The third-order valence-electron chi connectivity index (χ3n) is 4.06. The molecule has 3 rings (SSSR count). The Morgan fingerprint density at radius 3 is 2.50 bits per heavy atom. The van der Waals surface area contributed by atoms with Crippen molar-refractivity contribution in [1.82, 2.24) is 5.43 Å². The monoisotopic (exact) mass is 458 g/mol. The van der Waals surface area contributed by atoms with Gasteiger partial charge in [-0.25, -0.2) is 5.43 Å². The third-order valence-corrected chi connectivity index (χ3v) is 5.66. The van der Waals surface area contributed by atoms with Crippen molar-refractivity contribution < 1.29 is 9.53 Å². The summed E-state index contributed by atoms with van der Waals surface area (Å²) in [4.78, 5) is 13.2. The molecule has 0 aliphatic carbocycles. The molecule has 1 unspecified atom stereocenters. The van der Waals surface area contributed by atoms with Crippen molar-refractivity contribution in [2.45, 2.75) is 23.7 Å². The summed E-state index contributed by atoms with van der Waals surface area (Å²) in [6.45, 7) is 2.27. The Morgan fingerprint density at radius 1 is 1.07 bits per heavy atom. The van der Waals surface area contributed by atoms with Crippen LogP contribution in [0.1, 0.15) is 18.1 Å². The minimum absolute atomic E-state index is 0.173. The third kappa shape index (κ3) is 7.10. The normalized spacial score (nSPS) is 12.0. The molecule has 3 aromatic carbocycles. The lowest BCUT2D eigenvalue weighted by Gasteiger charge is -2.09. The fourth-order valence-electron chi connectivity index (χ4n) is 2.48. The molecule has 0 saturated carbocycles. The maximum absolute atomic E-state index is 12.2. The van der Waals surface area contributed by atoms with Crippen LogP contribution < -0.4 is 10.2 Å². The number of carbonyl (C=O) groups is 1. The van der Waals surface area contributed by atoms with Gasteiger partial charge in [-0.05, 0) is 78.7 Å². The SMILES string of the molecule is CC(Sc1ccc(Cl)cc1)C(=O)N/N=C/c1ccc(OCc2cccc(Cl)c2)cc1. The van der Waals surface area contributed by atoms with Gasteiger partial charge in [0.15, 0.2) is 0 Å². The first-order chi connectivity index (χ1) is 14.5. The molecule has 7 heteroatoms. The van der Waals surface area contributed by atoms with Gasteiger partial charge in [-0.1, -0.05) is 35.3 Å². The number of thioether (sulfide) groups is 1. The molecule has 154 valence electrons. The number of rotatable bonds is 8. The van der Waals surface area contributed by atoms with E-state index in [1.807, 2.05) is 67.6 Å². The van der Waals surface area contributed by atoms with Crippen molar-refractivity contribution >= 4 is 47.1 Å². The minimum atomic E-state index is -0.286. The second-order valence-corrected chi connectivity index (χ2v) is 8.72. The molecule has 0 aromatic heterocycles. The maximum atomic E-state index is 12.2. The highest BCUT2D eigenvalue weighted by molar-refractivity contribution is 8.00. The first kappa shape index (κ1) is 22.2. The molecule has 0 heterocycles. The van der Waals surface area contributed by atoms with Gasteiger partial charge in [0.2, 0.25) is 0 Å². The predicted molar refractivity (Wildman–Crippen MR) is 125 cm³/mol. The first-order valence-electron chi connectivity index (χ1n) is 9.22. The van der Waals surface area contributed by atoms with Crippen LogP contribution in [0.3, 0.4) is 0 Å². The maximum Gasteiger partial charge on any atom is 0.253 e. The van der Waals surface area contributed by atoms with Gasteiger partial charge in [-0.2, -0.15) is 5.10 Å². The number of hydrogen-bond acceptors (Lipinski definition) is 4. The molecule has 0 spiro atoms. The predicted octanol–water partition coefficient (Wildman–Crippen LogP) is 6.20. The van der Waals surface area contributed by atoms with Gasteiger partial charge in [-0.15, -0.1) is 11.8 Å². The van der Waals surface area contributed by atoms with Crippen LogP contribution in [0.25, 0.3) is 0 Å². The fraction of sp³-hybridized carbons (Fsp3) is 0.130. The summed E-state index contributed by atoms with van der Waals surface area (Å²) in [6.07, 6.45) is 1.60. The fourth-order valence-corrected chi connectivity index (χ4v) is 3.68. The van der Waals surface area contributed by atoms with E-state index in [0.29, 0.717) is 16.7 Å². The molecule has 1 N–H and O–H groups in total. The van der Waals surface area contributed by atoms with E-state index in [9.17, 15) is 4.79 Å². The van der Waals surface area contributed by atoms with E-state index in [4.69, 9.17) is 27.9 Å². The zero-order valence-electron chi connectivity index (χ0n) is 16.2. The first-order valence-corrected chi connectivity index (χ1v) is 10.9. The van der Waals surface area contributed by atoms with E-state index >= 15 is 0 Å². The van der Waals surface area contributed by atoms with Crippen molar-refractivity contribution in [1.29, 1.82) is 0 Å². The van der Waals surface area contributed by atoms with Gasteiger partial charge < -0.3 is 4.74 Å². The summed E-state index contributed by atoms with van der Waals surface area (Å²) in [5.41, 5.74) is 4.42. The summed E-state index contributed by atoms with van der Waals surface area (Å²) in [7, 11) is 0. The Balaban J connectivity index is 1.46. The number of nitrogens with zero attached hydrogens (tertiary/aromatic N) is 1. The lowest BCUT2D eigenvalue weighted by molar-refractivity contribution is -0.120. The second-order valence-electron chi connectivity index (χ2n) is 6.44. The quantitative estimate of drug-likeness (QED) is 0.248. The van der Waals surface area contributed by atoms with Gasteiger partial charge in [0.25, 0.3) is 5.91 Å². The summed E-state index contributed by atoms with van der Waals surface area (Å²) >= 11 is 13.3. The lowest BCUT2D eigenvalue weighted by atomic mass is 10.2. The molecular formula is C23H20Cl2N2O2S. The molecule has 3 aromatic rings. The Kier molecular flexibility index (Phi) is 8.20. The van der Waals surface area contributed by atoms with Crippen molar-refractivity contribution in [2.75, 3.05) is 0 Å². The van der Waals surface area contributed by atoms with E-state index in [1.54, 1.807) is 18.3 Å². The second kappa shape index (κ2) is 11.1. The molecule has 4 nitrogen and oxygen atoms in total. The van der Waals surface area contributed by atoms with E-state index < -0.39 is 0 Å². The number of hydrazone groups is 1. The number of nitrogens with one attached hydrogen (secondary N) is 1. The number of benzene rings is 3. The van der Waals surface area contributed by atoms with Crippen LogP contribution in [-0.2, 0) is 11.4 Å². The summed E-state index contributed by atoms with van der Waals surface area (Å²) in [6, 6.07) is 22.4. The number of amides is 1. The van der Waals surface area contributed by atoms with E-state index in [-0.39, 0.29) is 11.2 Å². The molecule has 0 saturated heterocycles. The Bertz CT molecular complexity index is 1010. The average Bonchev–Trinajstić information content (AvgIpc) is 2.75. The topological polar surface area (TPSA) is 50.7 Å². The molecule has 30 heavy (non-hydrogen) atoms. The van der Waals surface area contributed by atoms with Gasteiger partial charge in [0.1, 0.15) is 12.4 Å². The number of ether oxygens (including phenoxy) is 1. The van der Waals surface area contributed by atoms with Crippen molar-refractivity contribution in [3.63, 3.8) is 0 Å². The number of carbonyl (C=O) groups excluding carboxylic acids is 1. The van der Waals surface area contributed by atoms with E-state index in [2.05, 4.69) is 10.5 Å². The smallest absolute Gasteiger partial charge is 0.253 e. The highest BCUT2D eigenvalue weighted by atomic mass is 35.5. The zero-order valence-corrected chi connectivity index (χ0v) is 18.5. The molecule has 0 bridgehead atoms. The molecule has 0 fully saturated rings. The zero-order chi connectivity index (χ0) is 21.3. The van der Waals surface area contributed by atoms with Gasteiger partial charge in [0, 0.05) is 14.9 Å².